The second kappa shape index (κ2) is 6.20. The number of pyridine rings is 1. The molecule has 3 rings (SSSR count). The van der Waals surface area contributed by atoms with Crippen molar-refractivity contribution in [3.8, 4) is 0 Å². The molecule has 0 saturated carbocycles. The van der Waals surface area contributed by atoms with Crippen LogP contribution in [0.1, 0.15) is 29.8 Å². The average molecular weight is 309 g/mol. The molecule has 0 unspecified atom stereocenters. The van der Waals surface area contributed by atoms with Gasteiger partial charge in [-0.05, 0) is 42.3 Å². The highest BCUT2D eigenvalue weighted by atomic mass is 16.2. The maximum Gasteiger partial charge on any atom is 0.257 e. The van der Waals surface area contributed by atoms with E-state index in [4.69, 9.17) is 0 Å². The van der Waals surface area contributed by atoms with E-state index in [0.717, 1.165) is 23.4 Å². The van der Waals surface area contributed by atoms with E-state index in [2.05, 4.69) is 10.3 Å². The second-order valence-corrected chi connectivity index (χ2v) is 5.93. The predicted octanol–water partition coefficient (Wildman–Crippen LogP) is 2.88. The number of carbonyl (C=O) groups is 2. The summed E-state index contributed by atoms with van der Waals surface area (Å²) in [6, 6.07) is 9.13. The minimum atomic E-state index is -0.189. The molecule has 2 aromatic rings. The fourth-order valence-electron chi connectivity index (χ4n) is 2.72. The third-order valence-corrected chi connectivity index (χ3v) is 3.92. The fraction of sp³-hybridized carbons (Fsp3) is 0.278. The molecule has 118 valence electrons. The zero-order chi connectivity index (χ0) is 16.4. The summed E-state index contributed by atoms with van der Waals surface area (Å²) in [6.45, 7) is 4.51. The van der Waals surface area contributed by atoms with Crippen LogP contribution in [0.25, 0.3) is 0 Å². The molecule has 5 heteroatoms. The first-order valence-electron chi connectivity index (χ1n) is 7.72. The lowest BCUT2D eigenvalue weighted by Crippen LogP contribution is -2.32. The maximum absolute atomic E-state index is 12.2. The van der Waals surface area contributed by atoms with Gasteiger partial charge in [0.1, 0.15) is 0 Å². The lowest BCUT2D eigenvalue weighted by molar-refractivity contribution is -0.121. The molecule has 2 heterocycles. The first kappa shape index (κ1) is 15.2. The van der Waals surface area contributed by atoms with E-state index in [-0.39, 0.29) is 17.7 Å². The van der Waals surface area contributed by atoms with Gasteiger partial charge in [-0.2, -0.15) is 0 Å². The van der Waals surface area contributed by atoms with Crippen molar-refractivity contribution in [2.75, 3.05) is 16.8 Å². The number of fused-ring (bicyclic) bond motifs is 1. The Kier molecular flexibility index (Phi) is 4.10. The van der Waals surface area contributed by atoms with Crippen LogP contribution in [0.5, 0.6) is 0 Å². The van der Waals surface area contributed by atoms with Crippen molar-refractivity contribution in [3.05, 3.63) is 53.9 Å². The summed E-state index contributed by atoms with van der Waals surface area (Å²) in [5.74, 6) is -0.0760. The molecular weight excluding hydrogens is 290 g/mol. The van der Waals surface area contributed by atoms with E-state index in [9.17, 15) is 9.59 Å². The Morgan fingerprint density at radius 1 is 1.26 bits per heavy atom. The Morgan fingerprint density at radius 2 is 2.09 bits per heavy atom. The van der Waals surface area contributed by atoms with Crippen LogP contribution in [-0.2, 0) is 11.2 Å². The number of rotatable bonds is 3. The number of amides is 2. The van der Waals surface area contributed by atoms with Crippen molar-refractivity contribution in [1.82, 2.24) is 4.98 Å². The van der Waals surface area contributed by atoms with Crippen molar-refractivity contribution in [2.45, 2.75) is 20.3 Å². The molecule has 2 amide bonds. The number of aromatic nitrogens is 1. The highest BCUT2D eigenvalue weighted by Gasteiger charge is 2.26. The molecule has 1 aliphatic rings. The predicted molar refractivity (Wildman–Crippen MR) is 89.5 cm³/mol. The maximum atomic E-state index is 12.2. The van der Waals surface area contributed by atoms with Gasteiger partial charge in [-0.15, -0.1) is 0 Å². The van der Waals surface area contributed by atoms with Gasteiger partial charge in [0, 0.05) is 36.2 Å². The summed E-state index contributed by atoms with van der Waals surface area (Å²) in [6.07, 6.45) is 3.97. The van der Waals surface area contributed by atoms with Crippen LogP contribution in [0, 0.1) is 5.92 Å². The first-order chi connectivity index (χ1) is 11.1. The summed E-state index contributed by atoms with van der Waals surface area (Å²) in [5, 5.41) is 2.87. The first-order valence-corrected chi connectivity index (χ1v) is 7.72. The molecular formula is C18H19N3O2. The molecule has 0 saturated heterocycles. The Bertz CT molecular complexity index is 741. The smallest absolute Gasteiger partial charge is 0.257 e. The van der Waals surface area contributed by atoms with Crippen LogP contribution >= 0.6 is 0 Å². The molecule has 23 heavy (non-hydrogen) atoms. The highest BCUT2D eigenvalue weighted by molar-refractivity contribution is 6.04. The number of carbonyl (C=O) groups excluding carboxylic acids is 2. The van der Waals surface area contributed by atoms with Gasteiger partial charge in [-0.3, -0.25) is 14.6 Å². The standard InChI is InChI=1S/C18H19N3O2/c1-12(2)18(23)21-9-7-13-10-15(5-6-16(13)21)20-17(22)14-4-3-8-19-11-14/h3-6,8,10-12H,7,9H2,1-2H3,(H,20,22). The van der Waals surface area contributed by atoms with Crippen LogP contribution in [0.15, 0.2) is 42.7 Å². The molecule has 1 aliphatic heterocycles. The number of hydrogen-bond acceptors (Lipinski definition) is 3. The zero-order valence-corrected chi connectivity index (χ0v) is 13.2. The van der Waals surface area contributed by atoms with E-state index >= 15 is 0 Å². The quantitative estimate of drug-likeness (QED) is 0.948. The molecule has 0 aliphatic carbocycles. The average Bonchev–Trinajstić information content (AvgIpc) is 2.98. The molecule has 0 fully saturated rings. The minimum Gasteiger partial charge on any atom is -0.322 e. The number of benzene rings is 1. The second-order valence-electron chi connectivity index (χ2n) is 5.93. The summed E-state index contributed by atoms with van der Waals surface area (Å²) in [7, 11) is 0. The minimum absolute atomic E-state index is 0.0223. The Hall–Kier alpha value is -2.69. The van der Waals surface area contributed by atoms with Crippen molar-refractivity contribution in [1.29, 1.82) is 0 Å². The zero-order valence-electron chi connectivity index (χ0n) is 13.2. The summed E-state index contributed by atoms with van der Waals surface area (Å²) >= 11 is 0. The van der Waals surface area contributed by atoms with Gasteiger partial charge in [0.2, 0.25) is 5.91 Å². The molecule has 0 radical (unpaired) electrons. The van der Waals surface area contributed by atoms with E-state index < -0.39 is 0 Å². The van der Waals surface area contributed by atoms with Crippen molar-refractivity contribution < 1.29 is 9.59 Å². The third kappa shape index (κ3) is 3.08. The number of anilines is 2. The van der Waals surface area contributed by atoms with Crippen LogP contribution in [0.4, 0.5) is 11.4 Å². The largest absolute Gasteiger partial charge is 0.322 e. The molecule has 0 atom stereocenters. The lowest BCUT2D eigenvalue weighted by atomic mass is 10.1. The Labute approximate surface area is 135 Å². The van der Waals surface area contributed by atoms with E-state index in [0.29, 0.717) is 12.1 Å². The summed E-state index contributed by atoms with van der Waals surface area (Å²) < 4.78 is 0. The molecule has 1 aromatic heterocycles. The van der Waals surface area contributed by atoms with Crippen molar-refractivity contribution in [3.63, 3.8) is 0 Å². The number of nitrogens with zero attached hydrogens (tertiary/aromatic N) is 2. The van der Waals surface area contributed by atoms with Gasteiger partial charge in [0.05, 0.1) is 5.56 Å². The fourth-order valence-corrected chi connectivity index (χ4v) is 2.72. The van der Waals surface area contributed by atoms with Gasteiger partial charge >= 0.3 is 0 Å². The van der Waals surface area contributed by atoms with Crippen LogP contribution < -0.4 is 10.2 Å². The summed E-state index contributed by atoms with van der Waals surface area (Å²) in [5.41, 5.74) is 3.28. The molecule has 0 bridgehead atoms. The van der Waals surface area contributed by atoms with E-state index in [1.54, 1.807) is 18.3 Å². The van der Waals surface area contributed by atoms with Crippen molar-refractivity contribution in [2.24, 2.45) is 5.92 Å². The third-order valence-electron chi connectivity index (χ3n) is 3.92. The van der Waals surface area contributed by atoms with Crippen molar-refractivity contribution >= 4 is 23.2 Å². The normalized spacial score (nSPS) is 13.1. The molecule has 0 spiro atoms. The summed E-state index contributed by atoms with van der Waals surface area (Å²) in [4.78, 5) is 30.1. The highest BCUT2D eigenvalue weighted by Crippen LogP contribution is 2.31. The number of hydrogen-bond donors (Lipinski definition) is 1. The monoisotopic (exact) mass is 309 g/mol. The molecule has 1 N–H and O–H groups in total. The topological polar surface area (TPSA) is 62.3 Å². The van der Waals surface area contributed by atoms with Crippen LogP contribution in [0.2, 0.25) is 0 Å². The van der Waals surface area contributed by atoms with Crippen LogP contribution in [-0.4, -0.2) is 23.3 Å². The van der Waals surface area contributed by atoms with Gasteiger partial charge in [0.25, 0.3) is 5.91 Å². The van der Waals surface area contributed by atoms with Gasteiger partial charge in [-0.25, -0.2) is 0 Å². The lowest BCUT2D eigenvalue weighted by Gasteiger charge is -2.19. The van der Waals surface area contributed by atoms with Gasteiger partial charge in [0.15, 0.2) is 0 Å². The molecule has 1 aromatic carbocycles. The van der Waals surface area contributed by atoms with Gasteiger partial charge in [-0.1, -0.05) is 13.8 Å². The van der Waals surface area contributed by atoms with Crippen LogP contribution in [0.3, 0.4) is 0 Å². The Morgan fingerprint density at radius 3 is 2.78 bits per heavy atom. The number of nitrogens with one attached hydrogen (secondary N) is 1. The Balaban J connectivity index is 1.78. The van der Waals surface area contributed by atoms with E-state index in [1.165, 1.54) is 6.20 Å². The van der Waals surface area contributed by atoms with E-state index in [1.807, 2.05) is 36.9 Å². The molecule has 5 nitrogen and oxygen atoms in total. The SMILES string of the molecule is CC(C)C(=O)N1CCc2cc(NC(=O)c3cccnc3)ccc21. The van der Waals surface area contributed by atoms with Gasteiger partial charge < -0.3 is 10.2 Å².